The summed E-state index contributed by atoms with van der Waals surface area (Å²) < 4.78 is 30.0. The van der Waals surface area contributed by atoms with E-state index in [9.17, 15) is 19.0 Å². The van der Waals surface area contributed by atoms with Crippen LogP contribution in [-0.2, 0) is 19.4 Å². The van der Waals surface area contributed by atoms with Gasteiger partial charge in [0.2, 0.25) is 0 Å². The smallest absolute Gasteiger partial charge is 0.162 e. The lowest BCUT2D eigenvalue weighted by molar-refractivity contribution is 0.0317. The molecule has 0 saturated carbocycles. The van der Waals surface area contributed by atoms with E-state index >= 15 is 0 Å². The number of rotatable bonds is 4. The fraction of sp³-hybridized carbons (Fsp3) is 0.364. The lowest BCUT2D eigenvalue weighted by Crippen LogP contribution is -2.29. The van der Waals surface area contributed by atoms with Gasteiger partial charge in [-0.15, -0.1) is 0 Å². The number of hydrogen-bond donors (Lipinski definition) is 4. The van der Waals surface area contributed by atoms with Gasteiger partial charge in [0.25, 0.3) is 0 Å². The maximum atomic E-state index is 14.2. The highest BCUT2D eigenvalue weighted by Crippen LogP contribution is 2.35. The molecule has 0 fully saturated rings. The molecule has 5 rings (SSSR count). The molecule has 5 N–H and O–H groups in total. The van der Waals surface area contributed by atoms with E-state index in [1.807, 2.05) is 6.08 Å². The minimum atomic E-state index is -1.05. The molecule has 3 unspecified atom stereocenters. The summed E-state index contributed by atoms with van der Waals surface area (Å²) in [5, 5.41) is 25.2. The third-order valence-electron chi connectivity index (χ3n) is 6.36. The van der Waals surface area contributed by atoms with Gasteiger partial charge in [-0.3, -0.25) is 0 Å². The number of nitrogens with zero attached hydrogens (tertiary/aromatic N) is 3. The standard InChI is InChI=1S/C22H23F2N5O2/c23-16-7-11(15-9-26-5-3-13(15)18(16)24)1-2-12-8-17(20(31)19(12)30)29-6-4-14-21(25)27-10-28-22(14)29/h4,6-8,10,17,19-20,26,30-31H,1-3,5,9H2,(H2,25,27,28). The predicted molar refractivity (Wildman–Crippen MR) is 111 cm³/mol. The van der Waals surface area contributed by atoms with E-state index in [1.165, 1.54) is 12.4 Å². The number of benzene rings is 1. The van der Waals surface area contributed by atoms with Gasteiger partial charge >= 0.3 is 0 Å². The van der Waals surface area contributed by atoms with Crippen molar-refractivity contribution in [1.82, 2.24) is 19.9 Å². The van der Waals surface area contributed by atoms with E-state index in [0.29, 0.717) is 60.3 Å². The third kappa shape index (κ3) is 3.29. The number of aliphatic hydroxyl groups is 2. The minimum Gasteiger partial charge on any atom is -0.388 e. The molecular formula is C22H23F2N5O2. The Morgan fingerprint density at radius 1 is 1.19 bits per heavy atom. The molecule has 1 aliphatic carbocycles. The zero-order valence-corrected chi connectivity index (χ0v) is 16.7. The summed E-state index contributed by atoms with van der Waals surface area (Å²) in [7, 11) is 0. The molecule has 3 heterocycles. The van der Waals surface area contributed by atoms with Crippen molar-refractivity contribution in [1.29, 1.82) is 0 Å². The van der Waals surface area contributed by atoms with Gasteiger partial charge in [-0.2, -0.15) is 0 Å². The fourth-order valence-corrected chi connectivity index (χ4v) is 4.71. The number of aliphatic hydroxyl groups excluding tert-OH is 2. The van der Waals surface area contributed by atoms with Crippen LogP contribution in [0.2, 0.25) is 0 Å². The maximum Gasteiger partial charge on any atom is 0.162 e. The summed E-state index contributed by atoms with van der Waals surface area (Å²) in [4.78, 5) is 8.23. The van der Waals surface area contributed by atoms with Crippen LogP contribution in [-0.4, -0.2) is 43.5 Å². The van der Waals surface area contributed by atoms with Crippen LogP contribution in [0.4, 0.5) is 14.6 Å². The van der Waals surface area contributed by atoms with Gasteiger partial charge in [-0.1, -0.05) is 6.08 Å². The Morgan fingerprint density at radius 3 is 2.87 bits per heavy atom. The second-order valence-electron chi connectivity index (χ2n) is 8.10. The van der Waals surface area contributed by atoms with Crippen LogP contribution in [0.3, 0.4) is 0 Å². The average molecular weight is 427 g/mol. The van der Waals surface area contributed by atoms with Gasteiger partial charge < -0.3 is 25.8 Å². The number of nitrogen functional groups attached to an aromatic ring is 1. The van der Waals surface area contributed by atoms with Gasteiger partial charge in [0.05, 0.1) is 11.4 Å². The van der Waals surface area contributed by atoms with Crippen molar-refractivity contribution in [2.75, 3.05) is 12.3 Å². The van der Waals surface area contributed by atoms with Crippen LogP contribution in [0.25, 0.3) is 11.0 Å². The molecule has 1 aromatic carbocycles. The van der Waals surface area contributed by atoms with E-state index in [0.717, 1.165) is 11.1 Å². The molecule has 3 atom stereocenters. The first-order valence-electron chi connectivity index (χ1n) is 10.3. The summed E-state index contributed by atoms with van der Waals surface area (Å²) in [6.07, 6.45) is 4.13. The first-order chi connectivity index (χ1) is 15.0. The molecular weight excluding hydrogens is 404 g/mol. The van der Waals surface area contributed by atoms with E-state index in [-0.39, 0.29) is 0 Å². The van der Waals surface area contributed by atoms with Crippen LogP contribution >= 0.6 is 0 Å². The van der Waals surface area contributed by atoms with Crippen molar-refractivity contribution in [2.24, 2.45) is 0 Å². The highest BCUT2D eigenvalue weighted by Gasteiger charge is 2.36. The molecule has 2 aliphatic rings. The van der Waals surface area contributed by atoms with E-state index < -0.39 is 29.9 Å². The zero-order chi connectivity index (χ0) is 21.7. The van der Waals surface area contributed by atoms with Gasteiger partial charge in [0.1, 0.15) is 30.0 Å². The molecule has 0 saturated heterocycles. The predicted octanol–water partition coefficient (Wildman–Crippen LogP) is 1.77. The monoisotopic (exact) mass is 427 g/mol. The number of aryl methyl sites for hydroxylation is 1. The average Bonchev–Trinajstić information content (AvgIpc) is 3.32. The Morgan fingerprint density at radius 2 is 2.03 bits per heavy atom. The molecule has 0 amide bonds. The number of halogens is 2. The number of aromatic nitrogens is 3. The molecule has 31 heavy (non-hydrogen) atoms. The lowest BCUT2D eigenvalue weighted by Gasteiger charge is -2.22. The molecule has 0 spiro atoms. The maximum absolute atomic E-state index is 14.2. The Balaban J connectivity index is 1.43. The van der Waals surface area contributed by atoms with Crippen LogP contribution in [0, 0.1) is 11.6 Å². The van der Waals surface area contributed by atoms with Crippen molar-refractivity contribution < 1.29 is 19.0 Å². The highest BCUT2D eigenvalue weighted by atomic mass is 19.2. The number of nitrogens with one attached hydrogen (secondary N) is 1. The van der Waals surface area contributed by atoms with Crippen molar-refractivity contribution >= 4 is 16.9 Å². The Labute approximate surface area is 177 Å². The number of anilines is 1. The second kappa shape index (κ2) is 7.67. The van der Waals surface area contributed by atoms with E-state index in [2.05, 4.69) is 15.3 Å². The van der Waals surface area contributed by atoms with Crippen LogP contribution in [0.1, 0.15) is 29.2 Å². The molecule has 2 aromatic heterocycles. The Kier molecular flexibility index (Phi) is 4.96. The van der Waals surface area contributed by atoms with Crippen LogP contribution < -0.4 is 11.1 Å². The summed E-state index contributed by atoms with van der Waals surface area (Å²) >= 11 is 0. The lowest BCUT2D eigenvalue weighted by atomic mass is 9.91. The molecule has 3 aromatic rings. The van der Waals surface area contributed by atoms with E-state index in [1.54, 1.807) is 16.8 Å². The molecule has 1 aliphatic heterocycles. The Bertz CT molecular complexity index is 1190. The van der Waals surface area contributed by atoms with Crippen LogP contribution in [0.15, 0.2) is 36.3 Å². The molecule has 7 nitrogen and oxygen atoms in total. The first-order valence-corrected chi connectivity index (χ1v) is 10.3. The van der Waals surface area contributed by atoms with Crippen LogP contribution in [0.5, 0.6) is 0 Å². The van der Waals surface area contributed by atoms with Crippen molar-refractivity contribution in [3.63, 3.8) is 0 Å². The largest absolute Gasteiger partial charge is 0.388 e. The molecule has 0 bridgehead atoms. The summed E-state index contributed by atoms with van der Waals surface area (Å²) in [5.41, 5.74) is 9.07. The van der Waals surface area contributed by atoms with Crippen molar-refractivity contribution in [3.05, 3.63) is 64.6 Å². The van der Waals surface area contributed by atoms with Gasteiger partial charge in [-0.05, 0) is 60.2 Å². The molecule has 0 radical (unpaired) electrons. The van der Waals surface area contributed by atoms with Gasteiger partial charge in [-0.25, -0.2) is 18.7 Å². The summed E-state index contributed by atoms with van der Waals surface area (Å²) in [6.45, 7) is 1.11. The van der Waals surface area contributed by atoms with Gasteiger partial charge in [0.15, 0.2) is 11.6 Å². The SMILES string of the molecule is Nc1ncnc2c1ccn2C1C=C(CCc2cc(F)c(F)c3c2CNCC3)C(O)C1O. The van der Waals surface area contributed by atoms with Gasteiger partial charge in [0, 0.05) is 12.7 Å². The van der Waals surface area contributed by atoms with Crippen molar-refractivity contribution in [3.8, 4) is 0 Å². The number of hydrogen-bond acceptors (Lipinski definition) is 6. The molecule has 9 heteroatoms. The Hall–Kier alpha value is -2.88. The number of fused-ring (bicyclic) bond motifs is 2. The highest BCUT2D eigenvalue weighted by molar-refractivity contribution is 5.86. The van der Waals surface area contributed by atoms with E-state index in [4.69, 9.17) is 5.73 Å². The quantitative estimate of drug-likeness (QED) is 0.473. The first kappa shape index (κ1) is 20.0. The zero-order valence-electron chi connectivity index (χ0n) is 16.7. The van der Waals surface area contributed by atoms with Crippen molar-refractivity contribution in [2.45, 2.75) is 44.1 Å². The second-order valence-corrected chi connectivity index (χ2v) is 8.10. The summed E-state index contributed by atoms with van der Waals surface area (Å²) in [6, 6.07) is 2.50. The summed E-state index contributed by atoms with van der Waals surface area (Å²) in [5.74, 6) is -1.26. The topological polar surface area (TPSA) is 109 Å². The minimum absolute atomic E-state index is 0.345. The molecule has 162 valence electrons. The normalized spacial score (nSPS) is 23.2. The number of nitrogens with two attached hydrogens (primary N) is 1. The third-order valence-corrected chi connectivity index (χ3v) is 6.36. The fourth-order valence-electron chi connectivity index (χ4n) is 4.71.